The average Bonchev–Trinajstić information content (AvgIpc) is 2.44. The van der Waals surface area contributed by atoms with Crippen LogP contribution in [0.5, 0.6) is 0 Å². The van der Waals surface area contributed by atoms with Crippen LogP contribution in [0, 0.1) is 0 Å². The molecule has 0 heterocycles. The monoisotopic (exact) mass is 344 g/mol. The average molecular weight is 345 g/mol. The Bertz CT molecular complexity index is 285. The molecule has 0 saturated heterocycles. The predicted molar refractivity (Wildman–Crippen MR) is 90.5 cm³/mol. The molecular formula is C14H36N2O5S. The summed E-state index contributed by atoms with van der Waals surface area (Å²) in [4.78, 5) is 0. The van der Waals surface area contributed by atoms with Crippen molar-refractivity contribution >= 4 is 10.4 Å². The summed E-state index contributed by atoms with van der Waals surface area (Å²) < 4.78 is 33.0. The molecule has 0 fully saturated rings. The summed E-state index contributed by atoms with van der Waals surface area (Å²) in [6.07, 6.45) is 11.9. The minimum Gasteiger partial charge on any atom is -0.395 e. The third-order valence-electron chi connectivity index (χ3n) is 2.86. The highest BCUT2D eigenvalue weighted by molar-refractivity contribution is 7.80. The fourth-order valence-corrected chi connectivity index (χ4v) is 2.08. The second-order valence-electron chi connectivity index (χ2n) is 4.94. The van der Waals surface area contributed by atoms with Crippen LogP contribution in [-0.2, 0) is 14.6 Å². The van der Waals surface area contributed by atoms with Gasteiger partial charge in [0.15, 0.2) is 0 Å². The Kier molecular flexibility index (Phi) is 25.1. The molecule has 0 aliphatic heterocycles. The van der Waals surface area contributed by atoms with Gasteiger partial charge in [0, 0.05) is 6.54 Å². The van der Waals surface area contributed by atoms with Gasteiger partial charge in [0.2, 0.25) is 0 Å². The Hall–Kier alpha value is -0.250. The molecular weight excluding hydrogens is 308 g/mol. The lowest BCUT2D eigenvalue weighted by Crippen LogP contribution is -2.04. The molecule has 7 N–H and O–H groups in total. The highest BCUT2D eigenvalue weighted by Gasteiger charge is 2.02. The normalized spacial score (nSPS) is 10.5. The summed E-state index contributed by atoms with van der Waals surface area (Å²) in [6.45, 7) is 2.78. The number of hydrogen-bond acceptors (Lipinski definition) is 6. The summed E-state index contributed by atoms with van der Waals surface area (Å²) in [5.41, 5.74) is 4.78. The quantitative estimate of drug-likeness (QED) is 0.297. The van der Waals surface area contributed by atoms with Crippen LogP contribution in [0.1, 0.15) is 71.1 Å². The van der Waals surface area contributed by atoms with E-state index in [4.69, 9.17) is 15.4 Å². The highest BCUT2D eigenvalue weighted by Crippen LogP contribution is 2.10. The molecule has 0 saturated carbocycles. The Balaban J connectivity index is -0.000000640. The van der Waals surface area contributed by atoms with Crippen molar-refractivity contribution in [2.75, 3.05) is 19.8 Å². The smallest absolute Gasteiger partial charge is 0.395 e. The van der Waals surface area contributed by atoms with Crippen LogP contribution in [0.3, 0.4) is 0 Å². The molecule has 0 aromatic rings. The largest absolute Gasteiger partial charge is 0.397 e. The van der Waals surface area contributed by atoms with Crippen LogP contribution in [0.4, 0.5) is 0 Å². The first kappa shape index (κ1) is 26.6. The zero-order valence-electron chi connectivity index (χ0n) is 14.0. The van der Waals surface area contributed by atoms with Gasteiger partial charge in [-0.25, -0.2) is 4.18 Å². The van der Waals surface area contributed by atoms with Gasteiger partial charge in [0.05, 0.1) is 13.2 Å². The van der Waals surface area contributed by atoms with E-state index in [1.54, 1.807) is 0 Å². The van der Waals surface area contributed by atoms with Gasteiger partial charge < -0.3 is 17.0 Å². The third-order valence-corrected chi connectivity index (χ3v) is 3.32. The van der Waals surface area contributed by atoms with Gasteiger partial charge >= 0.3 is 10.4 Å². The zero-order chi connectivity index (χ0) is 16.4. The van der Waals surface area contributed by atoms with E-state index < -0.39 is 10.4 Å². The first-order chi connectivity index (χ1) is 9.97. The summed E-state index contributed by atoms with van der Waals surface area (Å²) in [5, 5.41) is 7.75. The number of rotatable bonds is 13. The van der Waals surface area contributed by atoms with Crippen molar-refractivity contribution in [1.82, 2.24) is 6.15 Å². The van der Waals surface area contributed by atoms with Crippen molar-refractivity contribution in [2.45, 2.75) is 71.1 Å². The molecule has 0 aromatic heterocycles. The molecule has 22 heavy (non-hydrogen) atoms. The lowest BCUT2D eigenvalue weighted by Gasteiger charge is -2.02. The van der Waals surface area contributed by atoms with Crippen molar-refractivity contribution in [2.24, 2.45) is 5.73 Å². The van der Waals surface area contributed by atoms with E-state index in [1.807, 2.05) is 0 Å². The number of nitrogens with two attached hydrogens (primary N) is 1. The molecule has 0 aliphatic carbocycles. The second-order valence-corrected chi connectivity index (χ2v) is 6.04. The van der Waals surface area contributed by atoms with E-state index >= 15 is 0 Å². The molecule has 0 aliphatic rings. The van der Waals surface area contributed by atoms with Gasteiger partial charge in [-0.15, -0.1) is 0 Å². The molecule has 0 rings (SSSR count). The van der Waals surface area contributed by atoms with Gasteiger partial charge in [-0.2, -0.15) is 8.42 Å². The second kappa shape index (κ2) is 20.8. The molecule has 7 nitrogen and oxygen atoms in total. The Morgan fingerprint density at radius 1 is 0.909 bits per heavy atom. The standard InChI is InChI=1S/C12H26O4S.C2H7NO.H3N/c1-2-3-4-5-6-7-8-9-10-11-12-16-17(13,14)15;3-1-2-4;/h2-12H2,1H3,(H,13,14,15);4H,1-3H2;1H3. The van der Waals surface area contributed by atoms with Crippen molar-refractivity contribution in [1.29, 1.82) is 0 Å². The van der Waals surface area contributed by atoms with E-state index in [0.29, 0.717) is 13.0 Å². The number of aliphatic hydroxyl groups excluding tert-OH is 1. The molecule has 0 atom stereocenters. The van der Waals surface area contributed by atoms with E-state index in [9.17, 15) is 8.42 Å². The predicted octanol–water partition coefficient (Wildman–Crippen LogP) is 2.83. The summed E-state index contributed by atoms with van der Waals surface area (Å²) in [7, 11) is -4.23. The van der Waals surface area contributed by atoms with E-state index in [1.165, 1.54) is 44.9 Å². The lowest BCUT2D eigenvalue weighted by atomic mass is 10.1. The minimum atomic E-state index is -4.23. The van der Waals surface area contributed by atoms with Gasteiger partial charge in [-0.1, -0.05) is 64.7 Å². The van der Waals surface area contributed by atoms with Crippen LogP contribution in [0.2, 0.25) is 0 Å². The Labute approximate surface area is 136 Å². The van der Waals surface area contributed by atoms with E-state index in [-0.39, 0.29) is 19.4 Å². The van der Waals surface area contributed by atoms with Crippen molar-refractivity contribution in [3.63, 3.8) is 0 Å². The summed E-state index contributed by atoms with van der Waals surface area (Å²) in [6, 6.07) is 0. The zero-order valence-corrected chi connectivity index (χ0v) is 14.8. The molecule has 0 unspecified atom stereocenters. The van der Waals surface area contributed by atoms with Crippen molar-refractivity contribution in [3.8, 4) is 0 Å². The number of hydrogen-bond donors (Lipinski definition) is 4. The third kappa shape index (κ3) is 31.9. The fourth-order valence-electron chi connectivity index (χ4n) is 1.75. The Morgan fingerprint density at radius 2 is 1.27 bits per heavy atom. The molecule has 0 spiro atoms. The fraction of sp³-hybridized carbons (Fsp3) is 1.00. The van der Waals surface area contributed by atoms with Crippen LogP contribution in [-0.4, -0.2) is 37.8 Å². The van der Waals surface area contributed by atoms with Gasteiger partial charge in [-0.05, 0) is 6.42 Å². The molecule has 138 valence electrons. The Morgan fingerprint density at radius 3 is 1.59 bits per heavy atom. The molecule has 0 aromatic carbocycles. The highest BCUT2D eigenvalue weighted by atomic mass is 32.3. The van der Waals surface area contributed by atoms with Gasteiger partial charge in [-0.3, -0.25) is 4.55 Å². The van der Waals surface area contributed by atoms with Crippen molar-refractivity contribution in [3.05, 3.63) is 0 Å². The molecule has 8 heteroatoms. The van der Waals surface area contributed by atoms with Crippen molar-refractivity contribution < 1.29 is 22.3 Å². The number of aliphatic hydroxyl groups is 1. The van der Waals surface area contributed by atoms with Crippen LogP contribution in [0.25, 0.3) is 0 Å². The first-order valence-corrected chi connectivity index (χ1v) is 9.27. The first-order valence-electron chi connectivity index (χ1n) is 7.90. The lowest BCUT2D eigenvalue weighted by molar-refractivity contribution is 0.261. The number of unbranched alkanes of at least 4 members (excludes halogenated alkanes) is 9. The maximum absolute atomic E-state index is 10.2. The van der Waals surface area contributed by atoms with Gasteiger partial charge in [0.25, 0.3) is 0 Å². The summed E-state index contributed by atoms with van der Waals surface area (Å²) >= 11 is 0. The maximum atomic E-state index is 10.2. The van der Waals surface area contributed by atoms with Crippen LogP contribution < -0.4 is 11.9 Å². The van der Waals surface area contributed by atoms with E-state index in [0.717, 1.165) is 12.8 Å². The van der Waals surface area contributed by atoms with Gasteiger partial charge in [0.1, 0.15) is 0 Å². The molecule has 0 bridgehead atoms. The van der Waals surface area contributed by atoms with E-state index in [2.05, 4.69) is 11.1 Å². The molecule has 0 amide bonds. The maximum Gasteiger partial charge on any atom is 0.397 e. The topological polar surface area (TPSA) is 145 Å². The minimum absolute atomic E-state index is 0. The SMILES string of the molecule is CCCCCCCCCCCCOS(=O)(=O)O.N.NCCO. The van der Waals surface area contributed by atoms with Crippen LogP contribution >= 0.6 is 0 Å². The molecule has 0 radical (unpaired) electrons. The van der Waals surface area contributed by atoms with Crippen LogP contribution in [0.15, 0.2) is 0 Å². The summed E-state index contributed by atoms with van der Waals surface area (Å²) in [5.74, 6) is 0.